The molecule has 3 heterocycles. The van der Waals surface area contributed by atoms with Gasteiger partial charge in [-0.05, 0) is 63.3 Å². The molecule has 198 valence electrons. The van der Waals surface area contributed by atoms with Crippen LogP contribution in [0.3, 0.4) is 0 Å². The number of aromatic amines is 1. The second-order valence-corrected chi connectivity index (χ2v) is 10.9. The Kier molecular flexibility index (Phi) is 8.04. The minimum absolute atomic E-state index is 0.147. The lowest BCUT2D eigenvalue weighted by atomic mass is 9.98. The average Bonchev–Trinajstić information content (AvgIpc) is 3.50. The van der Waals surface area contributed by atoms with E-state index >= 15 is 0 Å². The van der Waals surface area contributed by atoms with E-state index in [1.54, 1.807) is 36.3 Å². The van der Waals surface area contributed by atoms with Gasteiger partial charge in [-0.1, -0.05) is 34.4 Å². The van der Waals surface area contributed by atoms with Gasteiger partial charge in [-0.25, -0.2) is 4.79 Å². The molecule has 1 saturated heterocycles. The molecule has 1 atom stereocenters. The minimum Gasteiger partial charge on any atom is -0.444 e. The Morgan fingerprint density at radius 3 is 2.70 bits per heavy atom. The number of hydrogen-bond acceptors (Lipinski definition) is 6. The number of carbonyl (C=O) groups is 2. The van der Waals surface area contributed by atoms with Crippen LogP contribution in [-0.4, -0.2) is 59.3 Å². The van der Waals surface area contributed by atoms with Gasteiger partial charge in [0.1, 0.15) is 11.3 Å². The van der Waals surface area contributed by atoms with Gasteiger partial charge in [-0.3, -0.25) is 4.79 Å². The molecule has 0 bridgehead atoms. The van der Waals surface area contributed by atoms with Gasteiger partial charge in [-0.15, -0.1) is 0 Å². The molecule has 0 radical (unpaired) electrons. The second-order valence-electron chi connectivity index (χ2n) is 10.1. The maximum absolute atomic E-state index is 12.9. The van der Waals surface area contributed by atoms with Crippen molar-refractivity contribution >= 4 is 41.0 Å². The number of aromatic nitrogens is 2. The summed E-state index contributed by atoms with van der Waals surface area (Å²) in [5.74, 6) is 0.921. The lowest BCUT2D eigenvalue weighted by molar-refractivity contribution is 0.0167. The monoisotopic (exact) mass is 547 g/mol. The number of piperidine rings is 1. The van der Waals surface area contributed by atoms with E-state index in [-0.39, 0.29) is 17.9 Å². The lowest BCUT2D eigenvalue weighted by Crippen LogP contribution is -2.45. The Hall–Kier alpha value is -3.17. The number of carbonyl (C=O) groups excluding carboxylic acids is 2. The molecule has 1 aliphatic rings. The Morgan fingerprint density at radius 2 is 2.00 bits per heavy atom. The molecule has 1 fully saturated rings. The quantitative estimate of drug-likeness (QED) is 0.345. The van der Waals surface area contributed by atoms with Gasteiger partial charge in [0.15, 0.2) is 11.6 Å². The topological polar surface area (TPSA) is 112 Å². The normalized spacial score (nSPS) is 15.9. The van der Waals surface area contributed by atoms with Crippen LogP contribution in [0.4, 0.5) is 10.6 Å². The van der Waals surface area contributed by atoms with Crippen LogP contribution in [0.25, 0.3) is 22.5 Å². The summed E-state index contributed by atoms with van der Waals surface area (Å²) in [7, 11) is 1.74. The first-order valence-electron chi connectivity index (χ1n) is 12.1. The number of nitrogens with one attached hydrogen (secondary N) is 3. The summed E-state index contributed by atoms with van der Waals surface area (Å²) in [5, 5.41) is 11.0. The van der Waals surface area contributed by atoms with E-state index < -0.39 is 5.60 Å². The number of ether oxygens (including phenoxy) is 1. The summed E-state index contributed by atoms with van der Waals surface area (Å²) >= 11 is 12.3. The van der Waals surface area contributed by atoms with Gasteiger partial charge in [0.25, 0.3) is 5.91 Å². The first-order valence-corrected chi connectivity index (χ1v) is 12.9. The van der Waals surface area contributed by atoms with Crippen LogP contribution in [0.1, 0.15) is 44.1 Å². The highest BCUT2D eigenvalue weighted by molar-refractivity contribution is 6.42. The van der Waals surface area contributed by atoms with E-state index in [4.69, 9.17) is 32.5 Å². The molecule has 11 heteroatoms. The van der Waals surface area contributed by atoms with E-state index in [9.17, 15) is 9.59 Å². The Morgan fingerprint density at radius 1 is 1.22 bits per heavy atom. The molecule has 0 aliphatic carbocycles. The zero-order valence-electron chi connectivity index (χ0n) is 21.3. The van der Waals surface area contributed by atoms with Crippen molar-refractivity contribution in [1.29, 1.82) is 0 Å². The summed E-state index contributed by atoms with van der Waals surface area (Å²) in [6.07, 6.45) is 3.17. The number of nitrogens with zero attached hydrogens (tertiary/aromatic N) is 2. The molecule has 37 heavy (non-hydrogen) atoms. The van der Waals surface area contributed by atoms with Crippen LogP contribution in [0.15, 0.2) is 35.0 Å². The van der Waals surface area contributed by atoms with E-state index in [1.165, 1.54) is 0 Å². The number of H-pyrrole nitrogens is 1. The van der Waals surface area contributed by atoms with Gasteiger partial charge >= 0.3 is 6.09 Å². The second kappa shape index (κ2) is 11.1. The summed E-state index contributed by atoms with van der Waals surface area (Å²) in [6, 6.07) is 6.99. The van der Waals surface area contributed by atoms with Crippen molar-refractivity contribution in [3.05, 3.63) is 46.2 Å². The fourth-order valence-electron chi connectivity index (χ4n) is 4.29. The number of rotatable bonds is 6. The predicted octanol–water partition coefficient (Wildman–Crippen LogP) is 6.06. The van der Waals surface area contributed by atoms with E-state index in [2.05, 4.69) is 20.8 Å². The molecule has 1 aromatic carbocycles. The van der Waals surface area contributed by atoms with Gasteiger partial charge in [0.05, 0.1) is 15.6 Å². The van der Waals surface area contributed by atoms with Crippen LogP contribution >= 0.6 is 23.2 Å². The van der Waals surface area contributed by atoms with Crippen molar-refractivity contribution in [2.75, 3.05) is 32.0 Å². The molecule has 0 spiro atoms. The number of anilines is 1. The highest BCUT2D eigenvalue weighted by Crippen LogP contribution is 2.40. The smallest absolute Gasteiger partial charge is 0.410 e. The molecular weight excluding hydrogens is 517 g/mol. The third-order valence-corrected chi connectivity index (χ3v) is 6.79. The van der Waals surface area contributed by atoms with Crippen molar-refractivity contribution < 1.29 is 18.8 Å². The number of hydrogen-bond donors (Lipinski definition) is 3. The highest BCUT2D eigenvalue weighted by atomic mass is 35.5. The van der Waals surface area contributed by atoms with E-state index in [1.807, 2.05) is 26.8 Å². The molecule has 2 aromatic heterocycles. The highest BCUT2D eigenvalue weighted by Gasteiger charge is 2.28. The Labute approximate surface area is 225 Å². The lowest BCUT2D eigenvalue weighted by Gasteiger charge is -2.34. The predicted molar refractivity (Wildman–Crippen MR) is 144 cm³/mol. The third-order valence-electron chi connectivity index (χ3n) is 6.05. The van der Waals surface area contributed by atoms with Crippen LogP contribution in [-0.2, 0) is 4.74 Å². The standard InChI is InChI=1S/C26H31Cl2N5O4/c1-26(2,3)36-25(35)33-9-5-6-15(14-33)12-31-24(34)20-11-17(13-30-20)22-21(23(29-4)32-37-22)16-7-8-18(27)19(28)10-16/h7-8,10-11,13,15,30H,5-6,9,12,14H2,1-4H3,(H,29,32)(H,31,34). The van der Waals surface area contributed by atoms with Crippen molar-refractivity contribution in [2.45, 2.75) is 39.2 Å². The first-order chi connectivity index (χ1) is 17.6. The fraction of sp³-hybridized carbons (Fsp3) is 0.423. The molecule has 1 aliphatic heterocycles. The molecular formula is C26H31Cl2N5O4. The van der Waals surface area contributed by atoms with Crippen LogP contribution < -0.4 is 10.6 Å². The summed E-state index contributed by atoms with van der Waals surface area (Å²) < 4.78 is 11.1. The molecule has 0 saturated carbocycles. The molecule has 3 aromatic rings. The first kappa shape index (κ1) is 26.9. The number of benzene rings is 1. The third kappa shape index (κ3) is 6.40. The maximum Gasteiger partial charge on any atom is 0.410 e. The van der Waals surface area contributed by atoms with E-state index in [0.717, 1.165) is 18.4 Å². The summed E-state index contributed by atoms with van der Waals surface area (Å²) in [6.45, 7) is 7.21. The van der Waals surface area contributed by atoms with Crippen molar-refractivity contribution in [3.63, 3.8) is 0 Å². The van der Waals surface area contributed by atoms with Gasteiger partial charge in [0, 0.05) is 38.4 Å². The van der Waals surface area contributed by atoms with Crippen molar-refractivity contribution in [2.24, 2.45) is 5.92 Å². The van der Waals surface area contributed by atoms with Crippen molar-refractivity contribution in [1.82, 2.24) is 20.4 Å². The average molecular weight is 548 g/mol. The number of amides is 2. The molecule has 3 N–H and O–H groups in total. The van der Waals surface area contributed by atoms with E-state index in [0.29, 0.717) is 58.1 Å². The summed E-state index contributed by atoms with van der Waals surface area (Å²) in [5.41, 5.74) is 1.98. The van der Waals surface area contributed by atoms with Crippen LogP contribution in [0.2, 0.25) is 10.0 Å². The number of halogens is 2. The Bertz CT molecular complexity index is 1280. The largest absolute Gasteiger partial charge is 0.444 e. The molecule has 4 rings (SSSR count). The molecule has 1 unspecified atom stereocenters. The summed E-state index contributed by atoms with van der Waals surface area (Å²) in [4.78, 5) is 30.1. The van der Waals surface area contributed by atoms with Crippen molar-refractivity contribution in [3.8, 4) is 22.5 Å². The van der Waals surface area contributed by atoms with Crippen LogP contribution in [0.5, 0.6) is 0 Å². The number of likely N-dealkylation sites (tertiary alicyclic amines) is 1. The minimum atomic E-state index is -0.541. The SMILES string of the molecule is CNc1noc(-c2c[nH]c(C(=O)NCC3CCCN(C(=O)OC(C)(C)C)C3)c2)c1-c1ccc(Cl)c(Cl)c1. The van der Waals surface area contributed by atoms with Gasteiger partial charge < -0.3 is 29.8 Å². The van der Waals surface area contributed by atoms with Gasteiger partial charge in [-0.2, -0.15) is 0 Å². The fourth-order valence-corrected chi connectivity index (χ4v) is 4.59. The zero-order chi connectivity index (χ0) is 26.7. The van der Waals surface area contributed by atoms with Crippen LogP contribution in [0, 0.1) is 5.92 Å². The Balaban J connectivity index is 1.43. The molecule has 2 amide bonds. The molecule has 9 nitrogen and oxygen atoms in total. The van der Waals surface area contributed by atoms with Gasteiger partial charge in [0.2, 0.25) is 0 Å². The maximum atomic E-state index is 12.9. The zero-order valence-corrected chi connectivity index (χ0v) is 22.8.